The SMILES string of the molecule is O=C(C=Cc1ccc(O)cc1)OCCO. The number of aliphatic hydroxyl groups excluding tert-OH is 1. The molecule has 0 radical (unpaired) electrons. The Labute approximate surface area is 87.4 Å². The van der Waals surface area contributed by atoms with E-state index < -0.39 is 5.97 Å². The largest absolute Gasteiger partial charge is 0.508 e. The Morgan fingerprint density at radius 3 is 2.60 bits per heavy atom. The van der Waals surface area contributed by atoms with Gasteiger partial charge in [-0.3, -0.25) is 0 Å². The first-order chi connectivity index (χ1) is 7.22. The summed E-state index contributed by atoms with van der Waals surface area (Å²) in [4.78, 5) is 11.0. The van der Waals surface area contributed by atoms with E-state index in [1.165, 1.54) is 18.2 Å². The molecule has 0 unspecified atom stereocenters. The molecular weight excluding hydrogens is 196 g/mol. The van der Waals surface area contributed by atoms with Gasteiger partial charge in [0.15, 0.2) is 0 Å². The fourth-order valence-corrected chi connectivity index (χ4v) is 0.944. The van der Waals surface area contributed by atoms with Crippen LogP contribution >= 0.6 is 0 Å². The molecule has 0 heterocycles. The molecule has 80 valence electrons. The lowest BCUT2D eigenvalue weighted by Gasteiger charge is -1.97. The van der Waals surface area contributed by atoms with Crippen LogP contribution in [0.25, 0.3) is 6.08 Å². The van der Waals surface area contributed by atoms with Gasteiger partial charge in [0.05, 0.1) is 6.61 Å². The second kappa shape index (κ2) is 5.82. The van der Waals surface area contributed by atoms with Crippen LogP contribution in [0.2, 0.25) is 0 Å². The predicted octanol–water partition coefficient (Wildman–Crippen LogP) is 0.941. The van der Waals surface area contributed by atoms with Crippen LogP contribution in [0.5, 0.6) is 5.75 Å². The van der Waals surface area contributed by atoms with E-state index in [0.29, 0.717) is 0 Å². The first-order valence-electron chi connectivity index (χ1n) is 4.47. The standard InChI is InChI=1S/C11H12O4/c12-7-8-15-11(14)6-3-9-1-4-10(13)5-2-9/h1-6,12-13H,7-8H2. The van der Waals surface area contributed by atoms with E-state index >= 15 is 0 Å². The number of ether oxygens (including phenoxy) is 1. The summed E-state index contributed by atoms with van der Waals surface area (Å²) in [6, 6.07) is 6.40. The second-order valence-corrected chi connectivity index (χ2v) is 2.82. The first-order valence-corrected chi connectivity index (χ1v) is 4.47. The molecule has 4 nitrogen and oxygen atoms in total. The molecule has 1 aromatic rings. The van der Waals surface area contributed by atoms with Crippen LogP contribution in [0.4, 0.5) is 0 Å². The van der Waals surface area contributed by atoms with Crippen molar-refractivity contribution in [1.82, 2.24) is 0 Å². The number of rotatable bonds is 4. The average Bonchev–Trinajstić information content (AvgIpc) is 2.25. The molecule has 4 heteroatoms. The molecule has 1 aromatic carbocycles. The van der Waals surface area contributed by atoms with Crippen molar-refractivity contribution >= 4 is 12.0 Å². The van der Waals surface area contributed by atoms with Gasteiger partial charge in [-0.2, -0.15) is 0 Å². The van der Waals surface area contributed by atoms with Gasteiger partial charge in [0.25, 0.3) is 0 Å². The normalized spacial score (nSPS) is 10.5. The molecule has 0 aliphatic heterocycles. The van der Waals surface area contributed by atoms with Crippen LogP contribution < -0.4 is 0 Å². The van der Waals surface area contributed by atoms with Gasteiger partial charge < -0.3 is 14.9 Å². The van der Waals surface area contributed by atoms with Crippen molar-refractivity contribution in [3.63, 3.8) is 0 Å². The number of carbonyl (C=O) groups excluding carboxylic acids is 1. The Morgan fingerprint density at radius 2 is 2.00 bits per heavy atom. The number of hydrogen-bond acceptors (Lipinski definition) is 4. The van der Waals surface area contributed by atoms with Crippen molar-refractivity contribution in [2.24, 2.45) is 0 Å². The van der Waals surface area contributed by atoms with Gasteiger partial charge in [-0.1, -0.05) is 12.1 Å². The van der Waals surface area contributed by atoms with Crippen LogP contribution in [0, 0.1) is 0 Å². The minimum atomic E-state index is -0.503. The van der Waals surface area contributed by atoms with E-state index in [1.54, 1.807) is 18.2 Å². The van der Waals surface area contributed by atoms with E-state index in [2.05, 4.69) is 4.74 Å². The lowest BCUT2D eigenvalue weighted by Crippen LogP contribution is -2.04. The van der Waals surface area contributed by atoms with Crippen molar-refractivity contribution < 1.29 is 19.7 Å². The highest BCUT2D eigenvalue weighted by atomic mass is 16.5. The fourth-order valence-electron chi connectivity index (χ4n) is 0.944. The Morgan fingerprint density at radius 1 is 1.33 bits per heavy atom. The third-order valence-electron chi connectivity index (χ3n) is 1.64. The van der Waals surface area contributed by atoms with Gasteiger partial charge in [-0.15, -0.1) is 0 Å². The highest BCUT2D eigenvalue weighted by Crippen LogP contribution is 2.10. The monoisotopic (exact) mass is 208 g/mol. The number of phenols is 1. The Balaban J connectivity index is 2.50. The van der Waals surface area contributed by atoms with E-state index in [1.807, 2.05) is 0 Å². The molecule has 0 amide bonds. The number of aromatic hydroxyl groups is 1. The molecule has 0 aromatic heterocycles. The maximum absolute atomic E-state index is 11.0. The first kappa shape index (κ1) is 11.3. The van der Waals surface area contributed by atoms with Crippen LogP contribution in [-0.4, -0.2) is 29.4 Å². The Bertz CT molecular complexity index is 340. The molecule has 2 N–H and O–H groups in total. The Hall–Kier alpha value is -1.81. The number of hydrogen-bond donors (Lipinski definition) is 2. The van der Waals surface area contributed by atoms with Gasteiger partial charge in [-0.25, -0.2) is 4.79 Å². The molecule has 0 atom stereocenters. The van der Waals surface area contributed by atoms with Crippen molar-refractivity contribution in [2.45, 2.75) is 0 Å². The molecule has 0 aliphatic rings. The average molecular weight is 208 g/mol. The number of phenolic OH excluding ortho intramolecular Hbond substituents is 1. The van der Waals surface area contributed by atoms with Gasteiger partial charge in [0.2, 0.25) is 0 Å². The smallest absolute Gasteiger partial charge is 0.330 e. The summed E-state index contributed by atoms with van der Waals surface area (Å²) in [6.07, 6.45) is 2.83. The summed E-state index contributed by atoms with van der Waals surface area (Å²) in [5.74, 6) is -0.327. The zero-order valence-corrected chi connectivity index (χ0v) is 8.09. The minimum absolute atomic E-state index is 0.00124. The summed E-state index contributed by atoms with van der Waals surface area (Å²) in [5, 5.41) is 17.4. The van der Waals surface area contributed by atoms with Crippen molar-refractivity contribution in [1.29, 1.82) is 0 Å². The highest BCUT2D eigenvalue weighted by molar-refractivity contribution is 5.87. The molecule has 0 spiro atoms. The molecule has 0 bridgehead atoms. The quantitative estimate of drug-likeness (QED) is 0.571. The highest BCUT2D eigenvalue weighted by Gasteiger charge is 1.95. The van der Waals surface area contributed by atoms with E-state index in [-0.39, 0.29) is 19.0 Å². The molecule has 1 rings (SSSR count). The lowest BCUT2D eigenvalue weighted by atomic mass is 10.2. The second-order valence-electron chi connectivity index (χ2n) is 2.82. The molecule has 0 saturated heterocycles. The third-order valence-corrected chi connectivity index (χ3v) is 1.64. The maximum atomic E-state index is 11.0. The van der Waals surface area contributed by atoms with Crippen molar-refractivity contribution in [3.8, 4) is 5.75 Å². The van der Waals surface area contributed by atoms with Crippen molar-refractivity contribution in [2.75, 3.05) is 13.2 Å². The number of carbonyl (C=O) groups is 1. The molecule has 0 saturated carbocycles. The van der Waals surface area contributed by atoms with E-state index in [0.717, 1.165) is 5.56 Å². The van der Waals surface area contributed by atoms with Crippen LogP contribution in [0.15, 0.2) is 30.3 Å². The summed E-state index contributed by atoms with van der Waals surface area (Å²) < 4.78 is 4.61. The lowest BCUT2D eigenvalue weighted by molar-refractivity contribution is -0.138. The van der Waals surface area contributed by atoms with Crippen LogP contribution in [0.1, 0.15) is 5.56 Å². The molecule has 0 aliphatic carbocycles. The predicted molar refractivity (Wildman–Crippen MR) is 55.2 cm³/mol. The molecule has 15 heavy (non-hydrogen) atoms. The number of esters is 1. The fraction of sp³-hybridized carbons (Fsp3) is 0.182. The zero-order chi connectivity index (χ0) is 11.1. The molecule has 0 fully saturated rings. The molecular formula is C11H12O4. The summed E-state index contributed by atoms with van der Waals surface area (Å²) in [7, 11) is 0. The van der Waals surface area contributed by atoms with Gasteiger partial charge >= 0.3 is 5.97 Å². The maximum Gasteiger partial charge on any atom is 0.330 e. The summed E-state index contributed by atoms with van der Waals surface area (Å²) in [6.45, 7) is -0.183. The number of benzene rings is 1. The van der Waals surface area contributed by atoms with E-state index in [9.17, 15) is 4.79 Å². The zero-order valence-electron chi connectivity index (χ0n) is 8.09. The summed E-state index contributed by atoms with van der Waals surface area (Å²) in [5.41, 5.74) is 0.786. The van der Waals surface area contributed by atoms with Gasteiger partial charge in [0.1, 0.15) is 12.4 Å². The van der Waals surface area contributed by atoms with Gasteiger partial charge in [0, 0.05) is 6.08 Å². The van der Waals surface area contributed by atoms with Crippen LogP contribution in [0.3, 0.4) is 0 Å². The topological polar surface area (TPSA) is 66.8 Å². The minimum Gasteiger partial charge on any atom is -0.508 e. The van der Waals surface area contributed by atoms with Crippen molar-refractivity contribution in [3.05, 3.63) is 35.9 Å². The Kier molecular flexibility index (Phi) is 4.37. The van der Waals surface area contributed by atoms with Crippen LogP contribution in [-0.2, 0) is 9.53 Å². The van der Waals surface area contributed by atoms with Gasteiger partial charge in [-0.05, 0) is 23.8 Å². The van der Waals surface area contributed by atoms with E-state index in [4.69, 9.17) is 10.2 Å². The number of aliphatic hydroxyl groups is 1. The summed E-state index contributed by atoms with van der Waals surface area (Å²) >= 11 is 0. The third kappa shape index (κ3) is 4.28.